The normalized spacial score (nSPS) is 16.3. The zero-order chi connectivity index (χ0) is 94.1. The molecule has 0 bridgehead atoms. The highest BCUT2D eigenvalue weighted by molar-refractivity contribution is 5.97. The van der Waals surface area contributed by atoms with Crippen molar-refractivity contribution in [1.29, 1.82) is 0 Å². The number of ether oxygens (including phenoxy) is 5. The van der Waals surface area contributed by atoms with Gasteiger partial charge in [0.25, 0.3) is 23.6 Å². The van der Waals surface area contributed by atoms with Crippen LogP contribution in [0.2, 0.25) is 0 Å². The summed E-state index contributed by atoms with van der Waals surface area (Å²) >= 11 is 0. The first-order chi connectivity index (χ1) is 62.7. The number of halogens is 6. The number of aromatic nitrogens is 8. The number of hydrogen-bond donors (Lipinski definition) is 4. The van der Waals surface area contributed by atoms with Gasteiger partial charge < -0.3 is 82.2 Å². The molecule has 0 spiro atoms. The van der Waals surface area contributed by atoms with Crippen molar-refractivity contribution >= 4 is 70.0 Å². The molecule has 0 saturated carbocycles. The highest BCUT2D eigenvalue weighted by atomic mass is 19.2. The topological polar surface area (TPSA) is 313 Å². The monoisotopic (exact) mass is 1800 g/mol. The molecule has 12 aromatic rings. The molecule has 0 radical (unpaired) electrons. The van der Waals surface area contributed by atoms with Gasteiger partial charge in [-0.1, -0.05) is 13.8 Å². The molecule has 4 aliphatic rings. The maximum Gasteiger partial charge on any atom is 0.409 e. The molecule has 8 amide bonds. The van der Waals surface area contributed by atoms with Crippen LogP contribution in [0.4, 0.5) is 31.1 Å². The second-order valence-electron chi connectivity index (χ2n) is 32.7. The summed E-state index contributed by atoms with van der Waals surface area (Å²) in [5.74, 6) is -6.66. The largest absolute Gasteiger partial charge is 0.453 e. The van der Waals surface area contributed by atoms with E-state index in [4.69, 9.17) is 33.7 Å². The number of carbonyl (C=O) groups excluding carboxylic acids is 8. The Kier molecular flexibility index (Phi) is 30.2. The minimum absolute atomic E-state index is 0.00243. The van der Waals surface area contributed by atoms with Gasteiger partial charge in [-0.3, -0.25) is 33.6 Å². The van der Waals surface area contributed by atoms with E-state index in [0.717, 1.165) is 80.3 Å². The zero-order valence-electron chi connectivity index (χ0n) is 75.5. The predicted octanol–water partition coefficient (Wildman–Crippen LogP) is 12.3. The fraction of sp³-hybridized carbons (Fsp3) is 0.375. The Labute approximate surface area is 752 Å². The number of carbonyl (C=O) groups is 8. The molecule has 4 N–H and O–H groups in total. The lowest BCUT2D eigenvalue weighted by atomic mass is 9.98. The summed E-state index contributed by atoms with van der Waals surface area (Å²) in [5, 5.41) is 9.66. The minimum Gasteiger partial charge on any atom is -0.453 e. The molecule has 4 saturated heterocycles. The van der Waals surface area contributed by atoms with Crippen molar-refractivity contribution in [2.75, 3.05) is 114 Å². The molecule has 0 aliphatic carbocycles. The van der Waals surface area contributed by atoms with Crippen LogP contribution in [0.15, 0.2) is 122 Å². The number of morpholine rings is 4. The van der Waals surface area contributed by atoms with Gasteiger partial charge in [-0.15, -0.1) is 0 Å². The second kappa shape index (κ2) is 41.6. The number of imidazole rings is 4. The molecule has 690 valence electrons. The Balaban J connectivity index is 0.000000149. The van der Waals surface area contributed by atoms with Crippen LogP contribution in [0, 0.1) is 76.4 Å². The van der Waals surface area contributed by atoms with Crippen LogP contribution in [0.5, 0.6) is 0 Å². The molecule has 0 unspecified atom stereocenters. The fourth-order valence-corrected chi connectivity index (χ4v) is 16.8. The van der Waals surface area contributed by atoms with E-state index in [1.54, 1.807) is 43.9 Å². The highest BCUT2D eigenvalue weighted by Gasteiger charge is 2.35. The van der Waals surface area contributed by atoms with E-state index in [1.807, 2.05) is 136 Å². The van der Waals surface area contributed by atoms with Crippen LogP contribution in [-0.2, 0) is 63.8 Å². The zero-order valence-corrected chi connectivity index (χ0v) is 75.5. The van der Waals surface area contributed by atoms with Gasteiger partial charge in [0.05, 0.1) is 132 Å². The average molecular weight is 1810 g/mol. The SMILES string of the molecule is CCC(=O)N1CCO[C@@H](Cc2c(-c3c(F)cc(C(=O)NC)cc3F)nc3cc(C)ccn23)C1.CCC(=O)N1CCO[C@@H](Cc2c(-c3cc(F)c(C(=O)NC)cc3C)nc3cc(C)ccn23)C1.CNC(=O)c1cc(C)c(-c2nc3cc(C)ccn3c2C[C@H]2CN(C(C)=O)CCO2)cc1F.CNC(=O)c1cc(F)c(-c2nc3cc(C)ccn3c2C[C@H]2CN(C(=O)OC)CCO2)c(F)c1. The smallest absolute Gasteiger partial charge is 0.409 e. The van der Waals surface area contributed by atoms with Gasteiger partial charge in [0.15, 0.2) is 0 Å². The lowest BCUT2D eigenvalue weighted by molar-refractivity contribution is -0.139. The number of amides is 8. The summed E-state index contributed by atoms with van der Waals surface area (Å²) in [6.07, 6.45) is 8.36. The van der Waals surface area contributed by atoms with E-state index in [-0.39, 0.29) is 93.8 Å². The van der Waals surface area contributed by atoms with Crippen molar-refractivity contribution in [2.24, 2.45) is 0 Å². The third-order valence-corrected chi connectivity index (χ3v) is 23.6. The van der Waals surface area contributed by atoms with E-state index in [9.17, 15) is 47.1 Å². The Morgan fingerprint density at radius 2 is 0.664 bits per heavy atom. The molecule has 4 atom stereocenters. The number of nitrogens with zero attached hydrogens (tertiary/aromatic N) is 12. The Bertz CT molecular complexity index is 6150. The number of fused-ring (bicyclic) bond motifs is 4. The van der Waals surface area contributed by atoms with Gasteiger partial charge in [-0.05, 0) is 172 Å². The summed E-state index contributed by atoms with van der Waals surface area (Å²) in [6, 6.07) is 25.2. The number of hydrogen-bond acceptors (Lipinski definition) is 17. The Morgan fingerprint density at radius 1 is 0.382 bits per heavy atom. The second-order valence-corrected chi connectivity index (χ2v) is 32.7. The van der Waals surface area contributed by atoms with Crippen LogP contribution < -0.4 is 21.3 Å². The van der Waals surface area contributed by atoms with Gasteiger partial charge in [0, 0.05) is 166 Å². The number of pyridine rings is 4. The first-order valence-electron chi connectivity index (χ1n) is 43.2. The van der Waals surface area contributed by atoms with Crippen LogP contribution in [0.3, 0.4) is 0 Å². The van der Waals surface area contributed by atoms with Crippen molar-refractivity contribution in [3.8, 4) is 45.0 Å². The molecule has 29 nitrogen and oxygen atoms in total. The van der Waals surface area contributed by atoms with E-state index in [2.05, 4.69) is 31.2 Å². The number of benzene rings is 4. The summed E-state index contributed by atoms with van der Waals surface area (Å²) in [7, 11) is 7.04. The molecule has 4 aliphatic heterocycles. The molecule has 35 heteroatoms. The predicted molar refractivity (Wildman–Crippen MR) is 478 cm³/mol. The molecule has 131 heavy (non-hydrogen) atoms. The Hall–Kier alpha value is -13.4. The standard InChI is InChI=1S/C25H29FN4O3.C24H26F2N4O3.C24H27FN4O3.C23H24F2N4O4/c1-5-23(31)29-8-9-33-17(14-29)12-21-24(28-22-10-15(2)6-7-30(21)22)18-13-20(26)19(11-16(18)3)25(32)27-4;1-4-21(31)29-7-8-33-16(13-29)12-19-23(28-20-9-14(2)5-6-30(19)20)22-17(25)10-15(11-18(22)26)24(32)27-3;1-14-5-6-29-21(11-17-13-28(16(3)30)7-8-32-17)23(27-22(29)9-14)18-12-20(25)19(10-15(18)2)24(31)26-4;1-13-4-5-29-18(11-15-12-28(6-7-33-15)23(31)32-3)21(27-19(29)8-13)20-16(24)9-14(10-17(20)25)22(30)26-2/h6-7,10-11,13,17H,5,8-9,12,14H2,1-4H3,(H,27,32);5-6,9-11,16H,4,7-8,12-13H2,1-3H3,(H,27,32);5-6,9-10,12,17H,7-8,11,13H2,1-4H3,(H,26,31);4-5,8-10,15H,6-7,11-12H2,1-3H3,(H,26,30)/t17-;16-;17-;15-/m0000/s1. The lowest BCUT2D eigenvalue weighted by Gasteiger charge is -2.33. The van der Waals surface area contributed by atoms with Gasteiger partial charge in [-0.25, -0.2) is 51.1 Å². The average Bonchev–Trinajstić information content (AvgIpc) is 1.63. The van der Waals surface area contributed by atoms with E-state index >= 15 is 17.6 Å². The summed E-state index contributed by atoms with van der Waals surface area (Å²) in [5.41, 5.74) is 13.0. The maximum absolute atomic E-state index is 15.1. The van der Waals surface area contributed by atoms with Crippen LogP contribution >= 0.6 is 0 Å². The number of rotatable bonds is 18. The quantitative estimate of drug-likeness (QED) is 0.0580. The van der Waals surface area contributed by atoms with Crippen LogP contribution in [0.25, 0.3) is 67.6 Å². The first-order valence-corrected chi connectivity index (χ1v) is 43.2. The minimum atomic E-state index is -0.893. The first kappa shape index (κ1) is 95.2. The maximum atomic E-state index is 15.1. The van der Waals surface area contributed by atoms with E-state index in [1.165, 1.54) is 52.3 Å². The molecule has 4 aromatic carbocycles. The number of methoxy groups -OCH3 is 1. The third kappa shape index (κ3) is 21.2. The summed E-state index contributed by atoms with van der Waals surface area (Å²) in [4.78, 5) is 122. The van der Waals surface area contributed by atoms with Crippen LogP contribution in [0.1, 0.15) is 131 Å². The third-order valence-electron chi connectivity index (χ3n) is 23.6. The summed E-state index contributed by atoms with van der Waals surface area (Å²) in [6.45, 7) is 22.1. The lowest BCUT2D eigenvalue weighted by Crippen LogP contribution is -2.46. The van der Waals surface area contributed by atoms with Gasteiger partial charge in [-0.2, -0.15) is 0 Å². The molecule has 16 rings (SSSR count). The van der Waals surface area contributed by atoms with Gasteiger partial charge >= 0.3 is 6.09 Å². The van der Waals surface area contributed by atoms with Crippen molar-refractivity contribution in [3.63, 3.8) is 0 Å². The molecular weight excluding hydrogens is 1700 g/mol. The Morgan fingerprint density at radius 3 is 0.962 bits per heavy atom. The van der Waals surface area contributed by atoms with Crippen molar-refractivity contribution in [3.05, 3.63) is 235 Å². The fourth-order valence-electron chi connectivity index (χ4n) is 16.8. The molecule has 4 fully saturated rings. The van der Waals surface area contributed by atoms with Crippen molar-refractivity contribution in [2.45, 2.75) is 125 Å². The number of aryl methyl sites for hydroxylation is 6. The van der Waals surface area contributed by atoms with Gasteiger partial charge in [0.2, 0.25) is 17.7 Å². The highest BCUT2D eigenvalue weighted by Crippen LogP contribution is 2.38. The van der Waals surface area contributed by atoms with Crippen molar-refractivity contribution in [1.82, 2.24) is 78.4 Å². The summed E-state index contributed by atoms with van der Waals surface area (Å²) < 4.78 is 126. The molecule has 8 aromatic heterocycles. The number of nitrogens with one attached hydrogen (secondary N) is 4. The molecular formula is C96H106F6N16O13. The molecule has 12 heterocycles. The van der Waals surface area contributed by atoms with Gasteiger partial charge in [0.1, 0.15) is 57.5 Å². The van der Waals surface area contributed by atoms with E-state index in [0.29, 0.717) is 150 Å². The van der Waals surface area contributed by atoms with E-state index < -0.39 is 70.7 Å². The van der Waals surface area contributed by atoms with Crippen molar-refractivity contribution < 1.29 is 88.4 Å². The van der Waals surface area contributed by atoms with Crippen LogP contribution in [-0.4, -0.2) is 243 Å².